The highest BCUT2D eigenvalue weighted by Crippen LogP contribution is 2.14. The standard InChI is InChI=1S/C65H108O5/c1-4-7-10-13-16-19-22-25-28-31-33-35-37-40-43-46-49-52-55-58-64(66)69-62-63(61-68-60-57-54-51-48-45-42-39-30-27-24-21-18-15-12-9-6-3)70-65(67)59-56-53-50-47-44-41-38-36-34-32-29-26-23-20-17-14-11-8-5-2/h7,9-10,12,16,18-19,21,25-30,33,35,40,42-43,45,63H,4-6,8,11,13-15,17,20,22-24,31-32,34,36-39,41,44,46-62H2,1-3H3/b10-7-,12-9-,19-16-,21-18-,28-25-,29-26-,30-27-,35-33-,43-40-,45-42-. The topological polar surface area (TPSA) is 61.8 Å². The van der Waals surface area contributed by atoms with Crippen LogP contribution in [-0.2, 0) is 23.8 Å². The van der Waals surface area contributed by atoms with Crippen LogP contribution in [-0.4, -0.2) is 37.9 Å². The maximum atomic E-state index is 12.9. The van der Waals surface area contributed by atoms with Crippen LogP contribution in [0, 0.1) is 0 Å². The monoisotopic (exact) mass is 969 g/mol. The summed E-state index contributed by atoms with van der Waals surface area (Å²) < 4.78 is 17.4. The van der Waals surface area contributed by atoms with Gasteiger partial charge in [0.05, 0.1) is 6.61 Å². The summed E-state index contributed by atoms with van der Waals surface area (Å²) in [5, 5.41) is 0. The van der Waals surface area contributed by atoms with Crippen molar-refractivity contribution in [2.75, 3.05) is 19.8 Å². The minimum atomic E-state index is -0.577. The minimum absolute atomic E-state index is 0.0475. The van der Waals surface area contributed by atoms with E-state index in [0.29, 0.717) is 19.4 Å². The van der Waals surface area contributed by atoms with Crippen molar-refractivity contribution in [3.8, 4) is 0 Å². The normalized spacial score (nSPS) is 13.1. The second kappa shape index (κ2) is 59.6. The third-order valence-electron chi connectivity index (χ3n) is 12.0. The first-order valence-electron chi connectivity index (χ1n) is 29.1. The van der Waals surface area contributed by atoms with Gasteiger partial charge >= 0.3 is 11.9 Å². The molecule has 0 aliphatic heterocycles. The molecule has 5 heteroatoms. The molecule has 0 aliphatic rings. The molecule has 0 rings (SSSR count). The quantitative estimate of drug-likeness (QED) is 0.0345. The van der Waals surface area contributed by atoms with E-state index in [1.807, 2.05) is 0 Å². The van der Waals surface area contributed by atoms with Crippen molar-refractivity contribution >= 4 is 11.9 Å². The Morgan fingerprint density at radius 2 is 0.643 bits per heavy atom. The first-order valence-corrected chi connectivity index (χ1v) is 29.1. The van der Waals surface area contributed by atoms with E-state index in [-0.39, 0.29) is 25.2 Å². The molecule has 0 aromatic rings. The molecule has 5 nitrogen and oxygen atoms in total. The Morgan fingerprint density at radius 1 is 0.329 bits per heavy atom. The molecule has 0 saturated carbocycles. The SMILES string of the molecule is CC/C=C\C/C=C\C/C=C\C/C=C\C/C=C\CCCCCC(=O)OCC(COCCCCC/C=C\C/C=C\C/C=C\C/C=C\CC)OC(=O)CCCCCCCCCCC/C=C\CCCCCCCC. The molecule has 0 aliphatic carbocycles. The minimum Gasteiger partial charge on any atom is -0.462 e. The number of hydrogen-bond donors (Lipinski definition) is 0. The highest BCUT2D eigenvalue weighted by molar-refractivity contribution is 5.70. The molecule has 0 heterocycles. The zero-order valence-corrected chi connectivity index (χ0v) is 45.7. The molecule has 0 aromatic heterocycles. The zero-order chi connectivity index (χ0) is 50.6. The highest BCUT2D eigenvalue weighted by atomic mass is 16.6. The lowest BCUT2D eigenvalue weighted by Gasteiger charge is -2.18. The number of carbonyl (C=O) groups is 2. The second-order valence-corrected chi connectivity index (χ2v) is 18.8. The molecular formula is C65H108O5. The lowest BCUT2D eigenvalue weighted by Crippen LogP contribution is -2.30. The number of allylic oxidation sites excluding steroid dienone is 20. The van der Waals surface area contributed by atoms with Crippen molar-refractivity contribution in [1.29, 1.82) is 0 Å². The van der Waals surface area contributed by atoms with Crippen molar-refractivity contribution in [3.63, 3.8) is 0 Å². The summed E-state index contributed by atoms with van der Waals surface area (Å²) in [6.07, 6.45) is 83.7. The maximum Gasteiger partial charge on any atom is 0.306 e. The molecule has 0 radical (unpaired) electrons. The molecule has 0 spiro atoms. The van der Waals surface area contributed by atoms with Crippen molar-refractivity contribution in [2.45, 2.75) is 258 Å². The van der Waals surface area contributed by atoms with Crippen molar-refractivity contribution < 1.29 is 23.8 Å². The third-order valence-corrected chi connectivity index (χ3v) is 12.0. The summed E-state index contributed by atoms with van der Waals surface area (Å²) >= 11 is 0. The summed E-state index contributed by atoms with van der Waals surface area (Å²) in [7, 11) is 0. The summed E-state index contributed by atoms with van der Waals surface area (Å²) in [6.45, 7) is 7.49. The van der Waals surface area contributed by atoms with Crippen LogP contribution in [0.25, 0.3) is 0 Å². The van der Waals surface area contributed by atoms with Gasteiger partial charge in [0.25, 0.3) is 0 Å². The average molecular weight is 970 g/mol. The van der Waals surface area contributed by atoms with Crippen LogP contribution in [0.4, 0.5) is 0 Å². The van der Waals surface area contributed by atoms with Crippen molar-refractivity contribution in [1.82, 2.24) is 0 Å². The van der Waals surface area contributed by atoms with E-state index in [2.05, 4.69) is 142 Å². The predicted octanol–water partition coefficient (Wildman–Crippen LogP) is 20.1. The van der Waals surface area contributed by atoms with E-state index < -0.39 is 6.10 Å². The highest BCUT2D eigenvalue weighted by Gasteiger charge is 2.17. The predicted molar refractivity (Wildman–Crippen MR) is 306 cm³/mol. The van der Waals surface area contributed by atoms with Crippen molar-refractivity contribution in [2.24, 2.45) is 0 Å². The molecule has 1 unspecified atom stereocenters. The largest absolute Gasteiger partial charge is 0.462 e. The number of unbranched alkanes of at least 4 members (excludes halogenated alkanes) is 21. The van der Waals surface area contributed by atoms with Gasteiger partial charge in [-0.05, 0) is 128 Å². The van der Waals surface area contributed by atoms with Crippen LogP contribution >= 0.6 is 0 Å². The number of ether oxygens (including phenoxy) is 3. The van der Waals surface area contributed by atoms with E-state index in [4.69, 9.17) is 14.2 Å². The number of esters is 2. The molecule has 0 N–H and O–H groups in total. The molecule has 0 bridgehead atoms. The first kappa shape index (κ1) is 66.3. The number of rotatable bonds is 52. The van der Waals surface area contributed by atoms with Gasteiger partial charge < -0.3 is 14.2 Å². The van der Waals surface area contributed by atoms with E-state index in [1.165, 1.54) is 89.9 Å². The Hall–Kier alpha value is -3.70. The summed E-state index contributed by atoms with van der Waals surface area (Å²) in [6, 6.07) is 0. The van der Waals surface area contributed by atoms with E-state index in [1.54, 1.807) is 0 Å². The van der Waals surface area contributed by atoms with Gasteiger partial charge in [-0.3, -0.25) is 9.59 Å². The summed E-state index contributed by atoms with van der Waals surface area (Å²) in [5.41, 5.74) is 0. The van der Waals surface area contributed by atoms with Crippen LogP contribution in [0.1, 0.15) is 252 Å². The van der Waals surface area contributed by atoms with E-state index in [0.717, 1.165) is 128 Å². The number of hydrogen-bond acceptors (Lipinski definition) is 5. The Morgan fingerprint density at radius 3 is 1.06 bits per heavy atom. The molecular weight excluding hydrogens is 861 g/mol. The fourth-order valence-electron chi connectivity index (χ4n) is 7.70. The van der Waals surface area contributed by atoms with Gasteiger partial charge in [0.15, 0.2) is 6.10 Å². The van der Waals surface area contributed by atoms with Gasteiger partial charge in [0.2, 0.25) is 0 Å². The van der Waals surface area contributed by atoms with Gasteiger partial charge in [-0.1, -0.05) is 232 Å². The van der Waals surface area contributed by atoms with Gasteiger partial charge in [-0.15, -0.1) is 0 Å². The lowest BCUT2D eigenvalue weighted by atomic mass is 10.1. The van der Waals surface area contributed by atoms with Gasteiger partial charge in [-0.2, -0.15) is 0 Å². The number of carbonyl (C=O) groups excluding carboxylic acids is 2. The van der Waals surface area contributed by atoms with Crippen LogP contribution in [0.2, 0.25) is 0 Å². The smallest absolute Gasteiger partial charge is 0.306 e. The molecule has 0 amide bonds. The van der Waals surface area contributed by atoms with Crippen LogP contribution in [0.15, 0.2) is 122 Å². The Balaban J connectivity index is 4.40. The fourth-order valence-corrected chi connectivity index (χ4v) is 7.70. The van der Waals surface area contributed by atoms with Crippen molar-refractivity contribution in [3.05, 3.63) is 122 Å². The second-order valence-electron chi connectivity index (χ2n) is 18.8. The molecule has 0 fully saturated rings. The summed E-state index contributed by atoms with van der Waals surface area (Å²) in [5.74, 6) is -0.457. The van der Waals surface area contributed by atoms with Crippen LogP contribution in [0.3, 0.4) is 0 Å². The molecule has 0 saturated heterocycles. The lowest BCUT2D eigenvalue weighted by molar-refractivity contribution is -0.163. The summed E-state index contributed by atoms with van der Waals surface area (Å²) in [4.78, 5) is 25.5. The fraction of sp³-hybridized carbons (Fsp3) is 0.662. The Kier molecular flexibility index (Phi) is 56.5. The van der Waals surface area contributed by atoms with E-state index in [9.17, 15) is 9.59 Å². The van der Waals surface area contributed by atoms with Gasteiger partial charge in [-0.25, -0.2) is 0 Å². The third kappa shape index (κ3) is 56.9. The maximum absolute atomic E-state index is 12.9. The average Bonchev–Trinajstić information content (AvgIpc) is 3.36. The van der Waals surface area contributed by atoms with Crippen LogP contribution < -0.4 is 0 Å². The van der Waals surface area contributed by atoms with Crippen LogP contribution in [0.5, 0.6) is 0 Å². The first-order chi connectivity index (χ1) is 34.6. The molecule has 0 aromatic carbocycles. The zero-order valence-electron chi connectivity index (χ0n) is 45.7. The molecule has 398 valence electrons. The van der Waals surface area contributed by atoms with Gasteiger partial charge in [0, 0.05) is 19.4 Å². The Bertz CT molecular complexity index is 1420. The molecule has 1 atom stereocenters. The van der Waals surface area contributed by atoms with E-state index >= 15 is 0 Å². The molecule has 70 heavy (non-hydrogen) atoms. The van der Waals surface area contributed by atoms with Gasteiger partial charge in [0.1, 0.15) is 6.61 Å². The Labute approximate surface area is 433 Å².